The Labute approximate surface area is 122 Å². The van der Waals surface area contributed by atoms with Gasteiger partial charge in [-0.05, 0) is 18.6 Å². The summed E-state index contributed by atoms with van der Waals surface area (Å²) in [7, 11) is -3.90. The lowest BCUT2D eigenvalue weighted by Gasteiger charge is -2.12. The second kappa shape index (κ2) is 5.20. The molecule has 0 saturated carbocycles. The molecule has 0 bridgehead atoms. The van der Waals surface area contributed by atoms with Gasteiger partial charge in [0.2, 0.25) is 11.2 Å². The number of alkyl halides is 3. The molecule has 0 spiro atoms. The Morgan fingerprint density at radius 3 is 2.36 bits per heavy atom. The van der Waals surface area contributed by atoms with Crippen LogP contribution in [0.3, 0.4) is 0 Å². The number of aromatic amines is 1. The maximum atomic E-state index is 12.3. The number of nitrogens with one attached hydrogen (secondary N) is 1. The molecule has 6 nitrogen and oxygen atoms in total. The van der Waals surface area contributed by atoms with E-state index in [4.69, 9.17) is 0 Å². The van der Waals surface area contributed by atoms with Gasteiger partial charge >= 0.3 is 16.5 Å². The lowest BCUT2D eigenvalue weighted by atomic mass is 10.1. The summed E-state index contributed by atoms with van der Waals surface area (Å²) in [5.41, 5.74) is -0.650. The van der Waals surface area contributed by atoms with Gasteiger partial charge in [-0.15, -0.1) is 13.2 Å². The third-order valence-corrected chi connectivity index (χ3v) is 3.09. The summed E-state index contributed by atoms with van der Waals surface area (Å²) < 4.78 is 67.3. The van der Waals surface area contributed by atoms with Crippen molar-refractivity contribution in [1.82, 2.24) is 4.98 Å². The van der Waals surface area contributed by atoms with Crippen LogP contribution in [0.4, 0.5) is 13.2 Å². The summed E-state index contributed by atoms with van der Waals surface area (Å²) in [4.78, 5) is 14.6. The topological polar surface area (TPSA) is 85.5 Å². The number of H-pyrrole nitrogens is 1. The second-order valence-electron chi connectivity index (χ2n) is 4.48. The fourth-order valence-corrected chi connectivity index (χ4v) is 2.25. The molecule has 0 amide bonds. The first-order valence-corrected chi connectivity index (χ1v) is 7.59. The van der Waals surface area contributed by atoms with Gasteiger partial charge in [0, 0.05) is 17.6 Å². The van der Waals surface area contributed by atoms with Crippen molar-refractivity contribution in [2.24, 2.45) is 0 Å². The summed E-state index contributed by atoms with van der Waals surface area (Å²) in [5, 5.41) is -0.0202. The van der Waals surface area contributed by atoms with Crippen molar-refractivity contribution < 1.29 is 30.5 Å². The average Bonchev–Trinajstić information content (AvgIpc) is 2.32. The van der Waals surface area contributed by atoms with E-state index in [1.54, 1.807) is 0 Å². The smallest absolute Gasteiger partial charge is 0.405 e. The number of benzene rings is 1. The van der Waals surface area contributed by atoms with Gasteiger partial charge in [-0.3, -0.25) is 4.79 Å². The normalized spacial score (nSPS) is 12.4. The van der Waals surface area contributed by atoms with E-state index in [1.807, 2.05) is 0 Å². The summed E-state index contributed by atoms with van der Waals surface area (Å²) in [6.45, 7) is 1.32. The van der Waals surface area contributed by atoms with E-state index in [0.717, 1.165) is 24.6 Å². The Balaban J connectivity index is 2.59. The Bertz CT molecular complexity index is 886. The van der Waals surface area contributed by atoms with Crippen LogP contribution < -0.4 is 14.3 Å². The summed E-state index contributed by atoms with van der Waals surface area (Å²) in [6.07, 6.45) is -3.14. The molecule has 1 N–H and O–H groups in total. The van der Waals surface area contributed by atoms with Crippen LogP contribution in [0.25, 0.3) is 10.9 Å². The Kier molecular flexibility index (Phi) is 3.81. The standard InChI is InChI=1S/C12H10F3NO5S/c1-6-3-7-8(4-9(6)20-12(13,14)15)16-5-10(11(7)17)21-22(2,18)19/h3-5H,1-2H3,(H,16,17). The lowest BCUT2D eigenvalue weighted by molar-refractivity contribution is -0.274. The summed E-state index contributed by atoms with van der Waals surface area (Å²) in [5.74, 6) is -0.939. The van der Waals surface area contributed by atoms with Crippen molar-refractivity contribution >= 4 is 21.0 Å². The molecule has 0 atom stereocenters. The van der Waals surface area contributed by atoms with Crippen LogP contribution in [0.2, 0.25) is 0 Å². The number of ether oxygens (including phenoxy) is 1. The number of hydrogen-bond donors (Lipinski definition) is 1. The first kappa shape index (κ1) is 16.1. The molecule has 0 fully saturated rings. The summed E-state index contributed by atoms with van der Waals surface area (Å²) in [6, 6.07) is 2.16. The molecule has 0 aliphatic rings. The van der Waals surface area contributed by atoms with Crippen LogP contribution >= 0.6 is 0 Å². The van der Waals surface area contributed by atoms with E-state index in [1.165, 1.54) is 6.92 Å². The van der Waals surface area contributed by atoms with Gasteiger partial charge in [0.25, 0.3) is 0 Å². The third kappa shape index (κ3) is 3.70. The number of hydrogen-bond acceptors (Lipinski definition) is 5. The minimum Gasteiger partial charge on any atom is -0.405 e. The fourth-order valence-electron chi connectivity index (χ4n) is 1.80. The average molecular weight is 337 g/mol. The lowest BCUT2D eigenvalue weighted by Crippen LogP contribution is -2.18. The van der Waals surface area contributed by atoms with Crippen molar-refractivity contribution in [1.29, 1.82) is 0 Å². The van der Waals surface area contributed by atoms with Crippen molar-refractivity contribution in [3.63, 3.8) is 0 Å². The largest absolute Gasteiger partial charge is 0.573 e. The highest BCUT2D eigenvalue weighted by Gasteiger charge is 2.32. The highest BCUT2D eigenvalue weighted by molar-refractivity contribution is 7.86. The molecule has 0 aliphatic carbocycles. The zero-order chi connectivity index (χ0) is 16.7. The third-order valence-electron chi connectivity index (χ3n) is 2.61. The molecular weight excluding hydrogens is 327 g/mol. The van der Waals surface area contributed by atoms with Crippen LogP contribution in [-0.4, -0.2) is 26.0 Å². The minimum absolute atomic E-state index is 0.0202. The van der Waals surface area contributed by atoms with Gasteiger partial charge in [-0.25, -0.2) is 0 Å². The molecule has 120 valence electrons. The Hall–Kier alpha value is -2.23. The fraction of sp³-hybridized carbons (Fsp3) is 0.250. The maximum Gasteiger partial charge on any atom is 0.573 e. The highest BCUT2D eigenvalue weighted by Crippen LogP contribution is 2.29. The van der Waals surface area contributed by atoms with Crippen molar-refractivity contribution in [3.05, 3.63) is 34.1 Å². The number of halogens is 3. The number of aromatic nitrogens is 1. The first-order valence-electron chi connectivity index (χ1n) is 5.77. The van der Waals surface area contributed by atoms with E-state index >= 15 is 0 Å². The van der Waals surface area contributed by atoms with E-state index in [9.17, 15) is 26.4 Å². The van der Waals surface area contributed by atoms with Gasteiger partial charge in [-0.2, -0.15) is 8.42 Å². The molecule has 0 radical (unpaired) electrons. The molecule has 2 rings (SSSR count). The van der Waals surface area contributed by atoms with Crippen molar-refractivity contribution in [2.75, 3.05) is 6.26 Å². The Morgan fingerprint density at radius 2 is 1.82 bits per heavy atom. The highest BCUT2D eigenvalue weighted by atomic mass is 32.2. The van der Waals surface area contributed by atoms with Crippen LogP contribution in [0, 0.1) is 6.92 Å². The van der Waals surface area contributed by atoms with Crippen LogP contribution in [-0.2, 0) is 10.1 Å². The molecule has 0 saturated heterocycles. The van der Waals surface area contributed by atoms with Gasteiger partial charge in [-0.1, -0.05) is 0 Å². The predicted octanol–water partition coefficient (Wildman–Crippen LogP) is 2.07. The van der Waals surface area contributed by atoms with E-state index in [0.29, 0.717) is 0 Å². The molecule has 1 aromatic heterocycles. The zero-order valence-corrected chi connectivity index (χ0v) is 12.1. The Morgan fingerprint density at radius 1 is 1.18 bits per heavy atom. The van der Waals surface area contributed by atoms with E-state index in [-0.39, 0.29) is 16.5 Å². The van der Waals surface area contributed by atoms with Gasteiger partial charge in [0.1, 0.15) is 5.75 Å². The monoisotopic (exact) mass is 337 g/mol. The quantitative estimate of drug-likeness (QED) is 0.867. The van der Waals surface area contributed by atoms with E-state index < -0.39 is 33.4 Å². The van der Waals surface area contributed by atoms with Crippen molar-refractivity contribution in [2.45, 2.75) is 13.3 Å². The van der Waals surface area contributed by atoms with Crippen molar-refractivity contribution in [3.8, 4) is 11.5 Å². The number of rotatable bonds is 3. The van der Waals surface area contributed by atoms with Gasteiger partial charge in [0.05, 0.1) is 11.8 Å². The summed E-state index contributed by atoms with van der Waals surface area (Å²) >= 11 is 0. The SMILES string of the molecule is Cc1cc2c(=O)c(OS(C)(=O)=O)c[nH]c2cc1OC(F)(F)F. The molecule has 22 heavy (non-hydrogen) atoms. The molecule has 2 aromatic rings. The molecule has 0 unspecified atom stereocenters. The number of pyridine rings is 1. The minimum atomic E-state index is -4.86. The first-order chi connectivity index (χ1) is 9.96. The maximum absolute atomic E-state index is 12.3. The van der Waals surface area contributed by atoms with Crippen LogP contribution in [0.15, 0.2) is 23.1 Å². The predicted molar refractivity (Wildman–Crippen MR) is 71.5 cm³/mol. The molecule has 1 aromatic carbocycles. The van der Waals surface area contributed by atoms with Gasteiger partial charge < -0.3 is 13.9 Å². The molecular formula is C12H10F3NO5S. The second-order valence-corrected chi connectivity index (χ2v) is 6.06. The van der Waals surface area contributed by atoms with Gasteiger partial charge in [0.15, 0.2) is 0 Å². The van der Waals surface area contributed by atoms with Crippen LogP contribution in [0.1, 0.15) is 5.56 Å². The van der Waals surface area contributed by atoms with Crippen LogP contribution in [0.5, 0.6) is 11.5 Å². The number of fused-ring (bicyclic) bond motifs is 1. The molecule has 10 heteroatoms. The van der Waals surface area contributed by atoms with E-state index in [2.05, 4.69) is 13.9 Å². The number of aryl methyl sites for hydroxylation is 1. The molecule has 1 heterocycles. The zero-order valence-electron chi connectivity index (χ0n) is 11.3. The molecule has 0 aliphatic heterocycles.